The van der Waals surface area contributed by atoms with Gasteiger partial charge in [0.05, 0.1) is 6.04 Å². The summed E-state index contributed by atoms with van der Waals surface area (Å²) in [6.07, 6.45) is 7.95. The van der Waals surface area contributed by atoms with E-state index >= 15 is 0 Å². The summed E-state index contributed by atoms with van der Waals surface area (Å²) in [7, 11) is 0. The molecule has 1 atom stereocenters. The Bertz CT molecular complexity index is 1350. The van der Waals surface area contributed by atoms with E-state index < -0.39 is 0 Å². The van der Waals surface area contributed by atoms with Gasteiger partial charge in [0.1, 0.15) is 28.7 Å². The fourth-order valence-corrected chi connectivity index (χ4v) is 4.50. The summed E-state index contributed by atoms with van der Waals surface area (Å²) in [5.41, 5.74) is 8.94. The molecule has 34 heavy (non-hydrogen) atoms. The van der Waals surface area contributed by atoms with Gasteiger partial charge in [0.25, 0.3) is 5.91 Å². The molecule has 4 heterocycles. The van der Waals surface area contributed by atoms with Crippen LogP contribution < -0.4 is 11.1 Å². The molecular weight excluding hydrogens is 430 g/mol. The van der Waals surface area contributed by atoms with Crippen LogP contribution in [0.5, 0.6) is 0 Å². The van der Waals surface area contributed by atoms with Gasteiger partial charge in [-0.05, 0) is 43.5 Å². The summed E-state index contributed by atoms with van der Waals surface area (Å²) in [6.45, 7) is 2.31. The maximum Gasteiger partial charge on any atom is 0.256 e. The molecule has 0 spiro atoms. The first-order valence-electron chi connectivity index (χ1n) is 11.3. The van der Waals surface area contributed by atoms with Gasteiger partial charge in [-0.15, -0.1) is 0 Å². The molecule has 0 aliphatic carbocycles. The summed E-state index contributed by atoms with van der Waals surface area (Å²) < 4.78 is 1.94. The topological polar surface area (TPSA) is 119 Å². The number of nitrogens with one attached hydrogen (secondary N) is 1. The number of hydrogen-bond acceptors (Lipinski definition) is 6. The summed E-state index contributed by atoms with van der Waals surface area (Å²) in [6, 6.07) is 12.4. The van der Waals surface area contributed by atoms with Crippen molar-refractivity contribution in [3.8, 4) is 11.3 Å². The number of benzene rings is 1. The zero-order chi connectivity index (χ0) is 23.7. The summed E-state index contributed by atoms with van der Waals surface area (Å²) in [5.74, 6) is 1.40. The van der Waals surface area contributed by atoms with E-state index in [1.165, 1.54) is 0 Å². The number of amides is 2. The van der Waals surface area contributed by atoms with Crippen LogP contribution in [0.4, 0.5) is 11.6 Å². The molecule has 0 radical (unpaired) electrons. The molecule has 3 N–H and O–H groups in total. The van der Waals surface area contributed by atoms with Gasteiger partial charge in [-0.2, -0.15) is 0 Å². The Morgan fingerprint density at radius 1 is 1.06 bits per heavy atom. The van der Waals surface area contributed by atoms with E-state index in [0.29, 0.717) is 35.0 Å². The molecule has 3 aromatic heterocycles. The van der Waals surface area contributed by atoms with E-state index in [2.05, 4.69) is 15.3 Å². The molecule has 4 aromatic rings. The molecule has 0 bridgehead atoms. The third-order valence-electron chi connectivity index (χ3n) is 6.14. The molecule has 1 aromatic carbocycles. The van der Waals surface area contributed by atoms with Gasteiger partial charge < -0.3 is 16.0 Å². The quantitative estimate of drug-likeness (QED) is 0.484. The number of nitrogen functional groups attached to an aromatic ring is 1. The Kier molecular flexibility index (Phi) is 5.67. The number of carbonyl (C=O) groups excluding carboxylic acids is 2. The summed E-state index contributed by atoms with van der Waals surface area (Å²) in [5, 5.41) is 2.78. The Hall–Kier alpha value is -4.27. The van der Waals surface area contributed by atoms with Crippen LogP contribution in [0.1, 0.15) is 48.4 Å². The van der Waals surface area contributed by atoms with E-state index in [1.807, 2.05) is 33.7 Å². The highest BCUT2D eigenvalue weighted by molar-refractivity contribution is 6.04. The lowest BCUT2D eigenvalue weighted by Crippen LogP contribution is -2.37. The zero-order valence-corrected chi connectivity index (χ0v) is 18.8. The SMILES string of the molecule is CC(=O)N1CCCC[C@H]1c1nc(-c2ccc(C(=O)Nc3ccccn3)cc2)c2c(N)nccn12. The Labute approximate surface area is 196 Å². The number of nitrogens with two attached hydrogens (primary N) is 1. The normalized spacial score (nSPS) is 15.9. The maximum atomic E-state index is 12.6. The second-order valence-electron chi connectivity index (χ2n) is 8.32. The maximum absolute atomic E-state index is 12.6. The van der Waals surface area contributed by atoms with Gasteiger partial charge in [0.15, 0.2) is 0 Å². The zero-order valence-electron chi connectivity index (χ0n) is 18.8. The minimum absolute atomic E-state index is 0.0355. The number of likely N-dealkylation sites (tertiary alicyclic amines) is 1. The molecule has 9 heteroatoms. The third-order valence-corrected chi connectivity index (χ3v) is 6.14. The van der Waals surface area contributed by atoms with E-state index in [4.69, 9.17) is 10.7 Å². The highest BCUT2D eigenvalue weighted by Crippen LogP contribution is 2.35. The van der Waals surface area contributed by atoms with Gasteiger partial charge in [0, 0.05) is 43.2 Å². The standard InChI is InChI=1S/C25H25N7O2/c1-16(33)31-14-5-3-6-19(31)24-30-21(22-23(26)28-13-15-32(22)24)17-8-10-18(11-9-17)25(34)29-20-7-2-4-12-27-20/h2,4,7-13,15,19H,3,5-6,14H2,1H3,(H2,26,28)(H,27,29,34)/t19-/m0/s1. The van der Waals surface area contributed by atoms with Crippen LogP contribution in [0.2, 0.25) is 0 Å². The second-order valence-corrected chi connectivity index (χ2v) is 8.32. The van der Waals surface area contributed by atoms with Crippen LogP contribution >= 0.6 is 0 Å². The number of piperidine rings is 1. The molecule has 172 valence electrons. The van der Waals surface area contributed by atoms with Crippen LogP contribution in [-0.4, -0.2) is 42.6 Å². The van der Waals surface area contributed by atoms with E-state index in [1.54, 1.807) is 43.6 Å². The molecule has 1 aliphatic rings. The number of carbonyl (C=O) groups is 2. The molecule has 1 aliphatic heterocycles. The first-order chi connectivity index (χ1) is 16.5. The number of anilines is 2. The van der Waals surface area contributed by atoms with Gasteiger partial charge in [-0.1, -0.05) is 18.2 Å². The molecule has 2 amide bonds. The van der Waals surface area contributed by atoms with Crippen LogP contribution in [0.3, 0.4) is 0 Å². The van der Waals surface area contributed by atoms with Gasteiger partial charge in [0.2, 0.25) is 5.91 Å². The van der Waals surface area contributed by atoms with Crippen molar-refractivity contribution in [2.75, 3.05) is 17.6 Å². The highest BCUT2D eigenvalue weighted by atomic mass is 16.2. The number of imidazole rings is 1. The monoisotopic (exact) mass is 455 g/mol. The number of nitrogens with zero attached hydrogens (tertiary/aromatic N) is 5. The van der Waals surface area contributed by atoms with Crippen LogP contribution in [0.25, 0.3) is 16.8 Å². The minimum Gasteiger partial charge on any atom is -0.382 e. The average molecular weight is 456 g/mol. The summed E-state index contributed by atoms with van der Waals surface area (Å²) >= 11 is 0. The lowest BCUT2D eigenvalue weighted by molar-refractivity contribution is -0.132. The lowest BCUT2D eigenvalue weighted by Gasteiger charge is -2.34. The van der Waals surface area contributed by atoms with Crippen molar-refractivity contribution in [2.24, 2.45) is 0 Å². The Morgan fingerprint density at radius 3 is 2.62 bits per heavy atom. The Morgan fingerprint density at radius 2 is 1.88 bits per heavy atom. The van der Waals surface area contributed by atoms with Crippen LogP contribution in [-0.2, 0) is 4.79 Å². The van der Waals surface area contributed by atoms with Crippen molar-refractivity contribution < 1.29 is 9.59 Å². The van der Waals surface area contributed by atoms with Crippen molar-refractivity contribution in [3.63, 3.8) is 0 Å². The van der Waals surface area contributed by atoms with Crippen LogP contribution in [0.15, 0.2) is 61.1 Å². The second kappa shape index (κ2) is 8.93. The fourth-order valence-electron chi connectivity index (χ4n) is 4.50. The van der Waals surface area contributed by atoms with Crippen molar-refractivity contribution in [3.05, 3.63) is 72.4 Å². The first-order valence-corrected chi connectivity index (χ1v) is 11.3. The first kappa shape index (κ1) is 21.6. The van der Waals surface area contributed by atoms with Crippen molar-refractivity contribution >= 4 is 29.0 Å². The molecule has 0 saturated carbocycles. The third kappa shape index (κ3) is 3.96. The predicted octanol–water partition coefficient (Wildman–Crippen LogP) is 3.70. The van der Waals surface area contributed by atoms with Gasteiger partial charge in [-0.25, -0.2) is 15.0 Å². The number of rotatable bonds is 4. The largest absolute Gasteiger partial charge is 0.382 e. The molecule has 1 saturated heterocycles. The fraction of sp³-hybridized carbons (Fsp3) is 0.240. The van der Waals surface area contributed by atoms with E-state index in [9.17, 15) is 9.59 Å². The van der Waals surface area contributed by atoms with Gasteiger partial charge in [-0.3, -0.25) is 14.0 Å². The smallest absolute Gasteiger partial charge is 0.256 e. The van der Waals surface area contributed by atoms with Crippen LogP contribution in [0, 0.1) is 0 Å². The Balaban J connectivity index is 1.51. The van der Waals surface area contributed by atoms with E-state index in [0.717, 1.165) is 30.7 Å². The summed E-state index contributed by atoms with van der Waals surface area (Å²) in [4.78, 5) is 40.1. The molecule has 1 fully saturated rings. The van der Waals surface area contributed by atoms with Crippen molar-refractivity contribution in [1.29, 1.82) is 0 Å². The number of pyridine rings is 1. The van der Waals surface area contributed by atoms with Crippen molar-refractivity contribution in [2.45, 2.75) is 32.2 Å². The highest BCUT2D eigenvalue weighted by Gasteiger charge is 2.31. The number of hydrogen-bond donors (Lipinski definition) is 2. The molecule has 9 nitrogen and oxygen atoms in total. The average Bonchev–Trinajstić information content (AvgIpc) is 3.25. The predicted molar refractivity (Wildman–Crippen MR) is 129 cm³/mol. The van der Waals surface area contributed by atoms with Crippen molar-refractivity contribution in [1.82, 2.24) is 24.3 Å². The lowest BCUT2D eigenvalue weighted by atomic mass is 10.0. The molecule has 0 unspecified atom stereocenters. The van der Waals surface area contributed by atoms with E-state index in [-0.39, 0.29) is 17.9 Å². The van der Waals surface area contributed by atoms with Gasteiger partial charge >= 0.3 is 0 Å². The molecular formula is C25H25N7O2. The minimum atomic E-state index is -0.249. The molecule has 5 rings (SSSR count). The number of aromatic nitrogens is 4. The number of fused-ring (bicyclic) bond motifs is 1.